The van der Waals surface area contributed by atoms with Gasteiger partial charge in [0.2, 0.25) is 5.91 Å². The topological polar surface area (TPSA) is 67.2 Å². The molecule has 0 bridgehead atoms. The summed E-state index contributed by atoms with van der Waals surface area (Å²) in [5, 5.41) is 2.55. The highest BCUT2D eigenvalue weighted by atomic mass is 19.4. The smallest absolute Gasteiger partial charge is 0.357 e. The maximum atomic E-state index is 12.7. The molecule has 0 unspecified atom stereocenters. The van der Waals surface area contributed by atoms with Crippen molar-refractivity contribution in [3.63, 3.8) is 0 Å². The zero-order valence-corrected chi connectivity index (χ0v) is 14.5. The zero-order chi connectivity index (χ0) is 19.4. The van der Waals surface area contributed by atoms with Crippen molar-refractivity contribution in [2.45, 2.75) is 32.0 Å². The van der Waals surface area contributed by atoms with E-state index in [9.17, 15) is 22.8 Å². The molecule has 9 heteroatoms. The summed E-state index contributed by atoms with van der Waals surface area (Å²) in [7, 11) is 0. The van der Waals surface area contributed by atoms with E-state index < -0.39 is 29.8 Å². The van der Waals surface area contributed by atoms with Crippen LogP contribution in [-0.2, 0) is 17.5 Å². The third-order valence-electron chi connectivity index (χ3n) is 4.34. The second kappa shape index (κ2) is 7.81. The van der Waals surface area contributed by atoms with Crippen LogP contribution in [0.2, 0.25) is 0 Å². The zero-order valence-electron chi connectivity index (χ0n) is 14.5. The maximum Gasteiger partial charge on any atom is 0.417 e. The number of hydrogen-bond acceptors (Lipinski definition) is 4. The lowest BCUT2D eigenvalue weighted by molar-refractivity contribution is -0.138. The van der Waals surface area contributed by atoms with E-state index in [4.69, 9.17) is 0 Å². The molecular weight excluding hydrogens is 361 g/mol. The summed E-state index contributed by atoms with van der Waals surface area (Å²) in [6.07, 6.45) is 0.994. The van der Waals surface area contributed by atoms with Gasteiger partial charge in [0.25, 0.3) is 5.56 Å². The average Bonchev–Trinajstić information content (AvgIpc) is 2.64. The lowest BCUT2D eigenvalue weighted by atomic mass is 10.1. The van der Waals surface area contributed by atoms with Crippen molar-refractivity contribution in [2.75, 3.05) is 23.3 Å². The third-order valence-corrected chi connectivity index (χ3v) is 4.34. The molecular formula is C18H19F3N4O2. The van der Waals surface area contributed by atoms with Crippen molar-refractivity contribution >= 4 is 17.4 Å². The van der Waals surface area contributed by atoms with E-state index in [-0.39, 0.29) is 0 Å². The molecule has 3 heterocycles. The number of alkyl halides is 3. The fraction of sp³-hybridized carbons (Fsp3) is 0.389. The molecule has 1 amide bonds. The number of nitrogens with zero attached hydrogens (tertiary/aromatic N) is 3. The Bertz CT molecular complexity index is 856. The molecule has 0 aromatic carbocycles. The van der Waals surface area contributed by atoms with Crippen LogP contribution in [0.1, 0.15) is 24.8 Å². The van der Waals surface area contributed by atoms with Gasteiger partial charge in [-0.2, -0.15) is 13.2 Å². The van der Waals surface area contributed by atoms with Crippen molar-refractivity contribution in [1.82, 2.24) is 9.55 Å². The molecule has 0 atom stereocenters. The van der Waals surface area contributed by atoms with Crippen molar-refractivity contribution in [3.05, 3.63) is 52.6 Å². The first-order chi connectivity index (χ1) is 12.8. The van der Waals surface area contributed by atoms with E-state index in [0.717, 1.165) is 42.4 Å². The van der Waals surface area contributed by atoms with E-state index in [1.54, 1.807) is 12.1 Å². The Hall–Kier alpha value is -2.84. The van der Waals surface area contributed by atoms with E-state index in [1.165, 1.54) is 12.6 Å². The molecule has 1 aliphatic heterocycles. The molecule has 144 valence electrons. The molecule has 0 spiro atoms. The molecule has 1 aliphatic rings. The van der Waals surface area contributed by atoms with Gasteiger partial charge in [-0.25, -0.2) is 4.98 Å². The quantitative estimate of drug-likeness (QED) is 0.886. The monoisotopic (exact) mass is 380 g/mol. The predicted octanol–water partition coefficient (Wildman–Crippen LogP) is 2.89. The van der Waals surface area contributed by atoms with Gasteiger partial charge in [-0.05, 0) is 37.5 Å². The normalized spacial score (nSPS) is 14.9. The highest BCUT2D eigenvalue weighted by Crippen LogP contribution is 2.28. The highest BCUT2D eigenvalue weighted by molar-refractivity contribution is 5.90. The van der Waals surface area contributed by atoms with Gasteiger partial charge in [0.1, 0.15) is 12.4 Å². The molecule has 6 nitrogen and oxygen atoms in total. The highest BCUT2D eigenvalue weighted by Gasteiger charge is 2.31. The number of rotatable bonds is 4. The Morgan fingerprint density at radius 2 is 1.85 bits per heavy atom. The molecule has 27 heavy (non-hydrogen) atoms. The molecule has 2 aromatic rings. The predicted molar refractivity (Wildman–Crippen MR) is 94.6 cm³/mol. The van der Waals surface area contributed by atoms with Crippen LogP contribution in [-0.4, -0.2) is 28.5 Å². The number of carbonyl (C=O) groups excluding carboxylic acids is 1. The van der Waals surface area contributed by atoms with Crippen molar-refractivity contribution in [3.8, 4) is 0 Å². The summed E-state index contributed by atoms with van der Waals surface area (Å²) in [6.45, 7) is 1.37. The number of amides is 1. The van der Waals surface area contributed by atoms with E-state index in [1.807, 2.05) is 0 Å². The van der Waals surface area contributed by atoms with Gasteiger partial charge in [-0.1, -0.05) is 0 Å². The van der Waals surface area contributed by atoms with E-state index in [0.29, 0.717) is 18.0 Å². The third kappa shape index (κ3) is 4.87. The molecule has 0 saturated carbocycles. The second-order valence-corrected chi connectivity index (χ2v) is 6.38. The molecule has 3 rings (SSSR count). The average molecular weight is 380 g/mol. The number of hydrogen-bond donors (Lipinski definition) is 1. The van der Waals surface area contributed by atoms with Crippen LogP contribution >= 0.6 is 0 Å². The SMILES string of the molecule is O=C(Cn1cc(C(F)(F)F)ccc1=O)Nc1ccc(N2CCCCC2)nc1. The Morgan fingerprint density at radius 1 is 1.11 bits per heavy atom. The summed E-state index contributed by atoms with van der Waals surface area (Å²) in [4.78, 5) is 30.3. The number of piperidine rings is 1. The summed E-state index contributed by atoms with van der Waals surface area (Å²) in [5.74, 6) is 0.214. The number of nitrogens with one attached hydrogen (secondary N) is 1. The first-order valence-electron chi connectivity index (χ1n) is 8.61. The van der Waals surface area contributed by atoms with Gasteiger partial charge >= 0.3 is 6.18 Å². The van der Waals surface area contributed by atoms with Gasteiger partial charge in [0.15, 0.2) is 0 Å². The Kier molecular flexibility index (Phi) is 5.48. The van der Waals surface area contributed by atoms with Crippen LogP contribution < -0.4 is 15.8 Å². The first kappa shape index (κ1) is 18.9. The molecule has 1 fully saturated rings. The van der Waals surface area contributed by atoms with E-state index >= 15 is 0 Å². The number of pyridine rings is 2. The molecule has 0 aliphatic carbocycles. The first-order valence-corrected chi connectivity index (χ1v) is 8.61. The Balaban J connectivity index is 1.65. The van der Waals surface area contributed by atoms with Crippen LogP contribution in [0.3, 0.4) is 0 Å². The van der Waals surface area contributed by atoms with Crippen LogP contribution in [0.4, 0.5) is 24.7 Å². The fourth-order valence-electron chi connectivity index (χ4n) is 2.95. The van der Waals surface area contributed by atoms with Gasteiger partial charge in [-0.15, -0.1) is 0 Å². The molecule has 1 saturated heterocycles. The van der Waals surface area contributed by atoms with Gasteiger partial charge < -0.3 is 14.8 Å². The van der Waals surface area contributed by atoms with Crippen LogP contribution in [0.25, 0.3) is 0 Å². The molecule has 1 N–H and O–H groups in total. The minimum Gasteiger partial charge on any atom is -0.357 e. The summed E-state index contributed by atoms with van der Waals surface area (Å²) >= 11 is 0. The van der Waals surface area contributed by atoms with Crippen molar-refractivity contribution in [1.29, 1.82) is 0 Å². The summed E-state index contributed by atoms with van der Waals surface area (Å²) in [5.41, 5.74) is -1.25. The Morgan fingerprint density at radius 3 is 2.48 bits per heavy atom. The van der Waals surface area contributed by atoms with Crippen molar-refractivity contribution in [2.24, 2.45) is 0 Å². The standard InChI is InChI=1S/C18H19F3N4O2/c19-18(20,21)13-4-7-17(27)25(11-13)12-16(26)23-14-5-6-15(22-10-14)24-8-2-1-3-9-24/h4-7,10-11H,1-3,8-9,12H2,(H,23,26). The second-order valence-electron chi connectivity index (χ2n) is 6.38. The lowest BCUT2D eigenvalue weighted by Gasteiger charge is -2.27. The number of anilines is 2. The number of halogens is 3. The Labute approximate surface area is 153 Å². The van der Waals surface area contributed by atoms with Crippen LogP contribution in [0.5, 0.6) is 0 Å². The van der Waals surface area contributed by atoms with Crippen molar-refractivity contribution < 1.29 is 18.0 Å². The maximum absolute atomic E-state index is 12.7. The molecule has 0 radical (unpaired) electrons. The number of aromatic nitrogens is 2. The summed E-state index contributed by atoms with van der Waals surface area (Å²) < 4.78 is 39.0. The van der Waals surface area contributed by atoms with Gasteiger partial charge in [0.05, 0.1) is 17.4 Å². The fourth-order valence-corrected chi connectivity index (χ4v) is 2.95. The van der Waals surface area contributed by atoms with Gasteiger partial charge in [0, 0.05) is 25.4 Å². The van der Waals surface area contributed by atoms with Gasteiger partial charge in [-0.3, -0.25) is 9.59 Å². The number of carbonyl (C=O) groups is 1. The summed E-state index contributed by atoms with van der Waals surface area (Å²) in [6, 6.07) is 4.96. The molecule has 2 aromatic heterocycles. The van der Waals surface area contributed by atoms with Crippen LogP contribution in [0.15, 0.2) is 41.5 Å². The van der Waals surface area contributed by atoms with Crippen LogP contribution in [0, 0.1) is 0 Å². The lowest BCUT2D eigenvalue weighted by Crippen LogP contribution is -2.30. The minimum atomic E-state index is -4.58. The largest absolute Gasteiger partial charge is 0.417 e. The minimum absolute atomic E-state index is 0.417. The van der Waals surface area contributed by atoms with E-state index in [2.05, 4.69) is 15.2 Å².